The van der Waals surface area contributed by atoms with Crippen LogP contribution in [0.15, 0.2) is 35.0 Å². The number of fused-ring (bicyclic) bond motifs is 1. The molecule has 0 saturated carbocycles. The molecule has 22 heavy (non-hydrogen) atoms. The Bertz CT molecular complexity index is 789. The van der Waals surface area contributed by atoms with Crippen LogP contribution in [-0.2, 0) is 0 Å². The molecule has 1 aromatic carbocycles. The minimum atomic E-state index is -0.0785. The lowest BCUT2D eigenvalue weighted by Crippen LogP contribution is -2.33. The van der Waals surface area contributed by atoms with Crippen molar-refractivity contribution in [3.63, 3.8) is 0 Å². The van der Waals surface area contributed by atoms with E-state index in [1.54, 1.807) is 6.20 Å². The molecule has 114 valence electrons. The van der Waals surface area contributed by atoms with Gasteiger partial charge in [-0.2, -0.15) is 0 Å². The Hall–Kier alpha value is -2.21. The number of nitrogens with one attached hydrogen (secondary N) is 1. The fourth-order valence-electron chi connectivity index (χ4n) is 2.28. The Morgan fingerprint density at radius 2 is 2.09 bits per heavy atom. The molecule has 0 saturated heterocycles. The molecule has 6 heteroatoms. The van der Waals surface area contributed by atoms with E-state index in [4.69, 9.17) is 4.52 Å². The lowest BCUT2D eigenvalue weighted by molar-refractivity contribution is 0.0939. The van der Waals surface area contributed by atoms with Crippen molar-refractivity contribution in [1.29, 1.82) is 0 Å². The average Bonchev–Trinajstić information content (AvgIpc) is 3.18. The zero-order chi connectivity index (χ0) is 15.5. The maximum Gasteiger partial charge on any atom is 0.263 e. The number of nitrogens with zero attached hydrogens (tertiary/aromatic N) is 2. The predicted octanol–water partition coefficient (Wildman–Crippen LogP) is 3.87. The van der Waals surface area contributed by atoms with Crippen molar-refractivity contribution in [2.75, 3.05) is 0 Å². The molecule has 5 nitrogen and oxygen atoms in total. The molecular weight excluding hydrogens is 298 g/mol. The Balaban J connectivity index is 1.86. The van der Waals surface area contributed by atoms with Crippen LogP contribution in [0.2, 0.25) is 0 Å². The number of hydrogen-bond acceptors (Lipinski definition) is 5. The van der Waals surface area contributed by atoms with Crippen LogP contribution in [0.3, 0.4) is 0 Å². The van der Waals surface area contributed by atoms with E-state index in [0.717, 1.165) is 23.8 Å². The van der Waals surface area contributed by atoms with Crippen LogP contribution >= 0.6 is 11.3 Å². The molecule has 0 unspecified atom stereocenters. The third kappa shape index (κ3) is 2.74. The minimum Gasteiger partial charge on any atom is -0.356 e. The van der Waals surface area contributed by atoms with Gasteiger partial charge in [0.2, 0.25) is 0 Å². The second-order valence-electron chi connectivity index (χ2n) is 5.04. The lowest BCUT2D eigenvalue weighted by Gasteiger charge is -2.13. The van der Waals surface area contributed by atoms with Gasteiger partial charge in [0.25, 0.3) is 5.91 Å². The molecule has 2 heterocycles. The Morgan fingerprint density at radius 3 is 2.86 bits per heavy atom. The summed E-state index contributed by atoms with van der Waals surface area (Å²) in [6, 6.07) is 7.82. The van der Waals surface area contributed by atoms with Gasteiger partial charge in [0.15, 0.2) is 5.58 Å². The molecule has 0 aliphatic heterocycles. The highest BCUT2D eigenvalue weighted by atomic mass is 32.1. The molecule has 3 rings (SSSR count). The number of rotatable bonds is 5. The second kappa shape index (κ2) is 6.27. The molecule has 0 atom stereocenters. The van der Waals surface area contributed by atoms with Crippen LogP contribution in [0, 0.1) is 0 Å². The maximum absolute atomic E-state index is 12.2. The first kappa shape index (κ1) is 14.7. The quantitative estimate of drug-likeness (QED) is 0.776. The first-order valence-corrected chi connectivity index (χ1v) is 8.16. The van der Waals surface area contributed by atoms with Gasteiger partial charge in [-0.1, -0.05) is 31.1 Å². The fraction of sp³-hybridized carbons (Fsp3) is 0.312. The van der Waals surface area contributed by atoms with Crippen molar-refractivity contribution in [2.45, 2.75) is 32.7 Å². The summed E-state index contributed by atoms with van der Waals surface area (Å²) in [5.74, 6) is -0.0785. The SMILES string of the molecule is CCC(CC)NC(=O)c1cnc(-c2noc3ccccc23)s1. The van der Waals surface area contributed by atoms with Crippen LogP contribution < -0.4 is 5.32 Å². The third-order valence-corrected chi connectivity index (χ3v) is 4.63. The Labute approximate surface area is 132 Å². The van der Waals surface area contributed by atoms with E-state index in [1.807, 2.05) is 24.3 Å². The van der Waals surface area contributed by atoms with E-state index >= 15 is 0 Å². The number of thiazole rings is 1. The monoisotopic (exact) mass is 315 g/mol. The maximum atomic E-state index is 12.2. The summed E-state index contributed by atoms with van der Waals surface area (Å²) in [6.07, 6.45) is 3.44. The van der Waals surface area contributed by atoms with E-state index in [0.29, 0.717) is 15.6 Å². The largest absolute Gasteiger partial charge is 0.356 e. The van der Waals surface area contributed by atoms with E-state index in [1.165, 1.54) is 11.3 Å². The fourth-order valence-corrected chi connectivity index (χ4v) is 3.09. The molecule has 0 spiro atoms. The van der Waals surface area contributed by atoms with Crippen LogP contribution in [0.1, 0.15) is 36.4 Å². The zero-order valence-electron chi connectivity index (χ0n) is 12.5. The smallest absolute Gasteiger partial charge is 0.263 e. The molecule has 0 fully saturated rings. The molecule has 2 aromatic heterocycles. The highest BCUT2D eigenvalue weighted by Gasteiger charge is 2.17. The molecule has 0 radical (unpaired) electrons. The van der Waals surface area contributed by atoms with Crippen molar-refractivity contribution in [3.05, 3.63) is 35.3 Å². The third-order valence-electron chi connectivity index (χ3n) is 3.63. The zero-order valence-corrected chi connectivity index (χ0v) is 13.3. The summed E-state index contributed by atoms with van der Waals surface area (Å²) < 4.78 is 5.29. The summed E-state index contributed by atoms with van der Waals surface area (Å²) in [4.78, 5) is 17.2. The minimum absolute atomic E-state index is 0.0785. The Morgan fingerprint density at radius 1 is 1.32 bits per heavy atom. The van der Waals surface area contributed by atoms with Gasteiger partial charge < -0.3 is 9.84 Å². The van der Waals surface area contributed by atoms with Crippen molar-refractivity contribution < 1.29 is 9.32 Å². The summed E-state index contributed by atoms with van der Waals surface area (Å²) in [5.41, 5.74) is 1.40. The number of benzene rings is 1. The van der Waals surface area contributed by atoms with Gasteiger partial charge in [-0.05, 0) is 25.0 Å². The van der Waals surface area contributed by atoms with Crippen molar-refractivity contribution in [2.24, 2.45) is 0 Å². The number of carbonyl (C=O) groups is 1. The molecule has 1 N–H and O–H groups in total. The van der Waals surface area contributed by atoms with E-state index in [9.17, 15) is 4.79 Å². The molecule has 0 bridgehead atoms. The molecular formula is C16H17N3O2S. The number of para-hydroxylation sites is 1. The summed E-state index contributed by atoms with van der Waals surface area (Å²) >= 11 is 1.33. The van der Waals surface area contributed by atoms with Gasteiger partial charge in [0.05, 0.1) is 11.6 Å². The average molecular weight is 315 g/mol. The van der Waals surface area contributed by atoms with Crippen LogP contribution in [0.25, 0.3) is 21.7 Å². The second-order valence-corrected chi connectivity index (χ2v) is 6.07. The van der Waals surface area contributed by atoms with Crippen molar-refractivity contribution in [3.8, 4) is 10.7 Å². The van der Waals surface area contributed by atoms with Crippen LogP contribution in [0.5, 0.6) is 0 Å². The first-order chi connectivity index (χ1) is 10.7. The van der Waals surface area contributed by atoms with Gasteiger partial charge in [-0.3, -0.25) is 4.79 Å². The lowest BCUT2D eigenvalue weighted by atomic mass is 10.2. The number of aromatic nitrogens is 2. The molecule has 1 amide bonds. The highest BCUT2D eigenvalue weighted by Crippen LogP contribution is 2.30. The topological polar surface area (TPSA) is 68.0 Å². The number of carbonyl (C=O) groups excluding carboxylic acids is 1. The highest BCUT2D eigenvalue weighted by molar-refractivity contribution is 7.17. The Kier molecular flexibility index (Phi) is 4.20. The van der Waals surface area contributed by atoms with Crippen molar-refractivity contribution in [1.82, 2.24) is 15.5 Å². The normalized spacial score (nSPS) is 11.2. The molecule has 0 aliphatic carbocycles. The van der Waals surface area contributed by atoms with Crippen LogP contribution in [0.4, 0.5) is 0 Å². The summed E-state index contributed by atoms with van der Waals surface area (Å²) in [5, 5.41) is 8.69. The van der Waals surface area contributed by atoms with Gasteiger partial charge in [0.1, 0.15) is 15.6 Å². The van der Waals surface area contributed by atoms with E-state index in [-0.39, 0.29) is 11.9 Å². The van der Waals surface area contributed by atoms with E-state index < -0.39 is 0 Å². The molecule has 0 aliphatic rings. The number of hydrogen-bond donors (Lipinski definition) is 1. The predicted molar refractivity (Wildman–Crippen MR) is 87.0 cm³/mol. The molecule has 3 aromatic rings. The number of amides is 1. The van der Waals surface area contributed by atoms with Crippen molar-refractivity contribution >= 4 is 28.2 Å². The van der Waals surface area contributed by atoms with Gasteiger partial charge >= 0.3 is 0 Å². The summed E-state index contributed by atoms with van der Waals surface area (Å²) in [7, 11) is 0. The first-order valence-electron chi connectivity index (χ1n) is 7.34. The van der Waals surface area contributed by atoms with Crippen LogP contribution in [-0.4, -0.2) is 22.1 Å². The van der Waals surface area contributed by atoms with E-state index in [2.05, 4.69) is 29.3 Å². The van der Waals surface area contributed by atoms with Gasteiger partial charge in [-0.25, -0.2) is 4.98 Å². The summed E-state index contributed by atoms with van der Waals surface area (Å²) in [6.45, 7) is 4.13. The van der Waals surface area contributed by atoms with Gasteiger partial charge in [0, 0.05) is 6.04 Å². The van der Waals surface area contributed by atoms with Gasteiger partial charge in [-0.15, -0.1) is 11.3 Å². The standard InChI is InChI=1S/C16H17N3O2S/c1-3-10(4-2)18-15(20)13-9-17-16(22-13)14-11-7-5-6-8-12(11)21-19-14/h5-10H,3-4H2,1-2H3,(H,18,20).